The largest absolute Gasteiger partial charge is 0.382 e. The van der Waals surface area contributed by atoms with Crippen molar-refractivity contribution in [2.75, 3.05) is 13.2 Å². The summed E-state index contributed by atoms with van der Waals surface area (Å²) in [7, 11) is 0. The van der Waals surface area contributed by atoms with Gasteiger partial charge in [0.15, 0.2) is 0 Å². The van der Waals surface area contributed by atoms with Crippen molar-refractivity contribution in [3.8, 4) is 0 Å². The molecule has 0 aromatic rings. The second kappa shape index (κ2) is 15.8. The number of hydrogen-bond donors (Lipinski definition) is 0. The summed E-state index contributed by atoms with van der Waals surface area (Å²) in [4.78, 5) is 9.22. The fourth-order valence-electron chi connectivity index (χ4n) is 0.287. The molecule has 0 bridgehead atoms. The standard InChI is InChI=1S/C4H10O.C4H6O/c1-3-5-4-2;1-2-3-4-5/h3-4H2,1-2H3;3H,2H2,1H3. The third-order valence-electron chi connectivity index (χ3n) is 0.696. The highest BCUT2D eigenvalue weighted by Gasteiger charge is 1.64. The van der Waals surface area contributed by atoms with E-state index in [0.717, 1.165) is 19.6 Å². The zero-order valence-corrected chi connectivity index (χ0v) is 7.02. The molecule has 0 aromatic heterocycles. The zero-order valence-electron chi connectivity index (χ0n) is 7.02. The lowest BCUT2D eigenvalue weighted by Crippen LogP contribution is -1.84. The zero-order chi connectivity index (χ0) is 8.24. The van der Waals surface area contributed by atoms with Crippen LogP contribution in [-0.2, 0) is 9.53 Å². The van der Waals surface area contributed by atoms with Crippen LogP contribution in [0.2, 0.25) is 0 Å². The lowest BCUT2D eigenvalue weighted by molar-refractivity contribution is 0.162. The minimum Gasteiger partial charge on any atom is -0.382 e. The first-order valence-corrected chi connectivity index (χ1v) is 3.60. The van der Waals surface area contributed by atoms with E-state index in [-0.39, 0.29) is 0 Å². The molecule has 0 saturated carbocycles. The summed E-state index contributed by atoms with van der Waals surface area (Å²) in [5.41, 5.74) is 0. The van der Waals surface area contributed by atoms with E-state index in [4.69, 9.17) is 4.74 Å². The first-order chi connectivity index (χ1) is 4.83. The highest BCUT2D eigenvalue weighted by molar-refractivity contribution is 5.44. The van der Waals surface area contributed by atoms with Crippen molar-refractivity contribution in [1.29, 1.82) is 0 Å². The molecular formula is C8H16O2. The molecule has 0 unspecified atom stereocenters. The Bertz CT molecular complexity index is 81.3. The molecule has 0 heterocycles. The van der Waals surface area contributed by atoms with Crippen molar-refractivity contribution in [2.24, 2.45) is 0 Å². The van der Waals surface area contributed by atoms with E-state index in [1.807, 2.05) is 20.8 Å². The van der Waals surface area contributed by atoms with Gasteiger partial charge in [-0.2, -0.15) is 0 Å². The highest BCUT2D eigenvalue weighted by atomic mass is 16.5. The summed E-state index contributed by atoms with van der Waals surface area (Å²) in [6.45, 7) is 7.56. The van der Waals surface area contributed by atoms with Gasteiger partial charge in [-0.1, -0.05) is 6.92 Å². The van der Waals surface area contributed by atoms with Crippen LogP contribution in [0, 0.1) is 0 Å². The van der Waals surface area contributed by atoms with Gasteiger partial charge in [-0.15, -0.1) is 0 Å². The Hall–Kier alpha value is -0.590. The van der Waals surface area contributed by atoms with Crippen LogP contribution >= 0.6 is 0 Å². The smallest absolute Gasteiger partial charge is 0.120 e. The molecule has 0 aliphatic rings. The van der Waals surface area contributed by atoms with E-state index in [9.17, 15) is 4.79 Å². The predicted octanol–water partition coefficient (Wildman–Crippen LogP) is 1.83. The first kappa shape index (κ1) is 12.1. The molecule has 0 aliphatic carbocycles. The minimum absolute atomic E-state index is 0.795. The number of rotatable bonds is 3. The Morgan fingerprint density at radius 3 is 1.80 bits per heavy atom. The van der Waals surface area contributed by atoms with Gasteiger partial charge in [0, 0.05) is 13.2 Å². The van der Waals surface area contributed by atoms with Crippen LogP contribution in [0.5, 0.6) is 0 Å². The van der Waals surface area contributed by atoms with E-state index in [1.54, 1.807) is 5.94 Å². The van der Waals surface area contributed by atoms with Crippen LogP contribution in [0.1, 0.15) is 27.2 Å². The van der Waals surface area contributed by atoms with Crippen molar-refractivity contribution in [1.82, 2.24) is 0 Å². The summed E-state index contributed by atoms with van der Waals surface area (Å²) in [6.07, 6.45) is 2.24. The van der Waals surface area contributed by atoms with Gasteiger partial charge in [0.1, 0.15) is 5.94 Å². The molecule has 2 nitrogen and oxygen atoms in total. The van der Waals surface area contributed by atoms with Crippen LogP contribution in [-0.4, -0.2) is 19.2 Å². The maximum absolute atomic E-state index is 9.22. The highest BCUT2D eigenvalue weighted by Crippen LogP contribution is 1.65. The Morgan fingerprint density at radius 1 is 1.30 bits per heavy atom. The van der Waals surface area contributed by atoms with Crippen molar-refractivity contribution < 1.29 is 9.53 Å². The summed E-state index contributed by atoms with van der Waals surface area (Å²) in [5.74, 6) is 1.64. The quantitative estimate of drug-likeness (QED) is 0.565. The number of carbonyl (C=O) groups excluding carboxylic acids is 1. The van der Waals surface area contributed by atoms with Crippen LogP contribution in [0.3, 0.4) is 0 Å². The number of hydrogen-bond acceptors (Lipinski definition) is 2. The number of allylic oxidation sites excluding steroid dienone is 1. The maximum atomic E-state index is 9.22. The molecule has 0 amide bonds. The minimum atomic E-state index is 0.795. The summed E-state index contributed by atoms with van der Waals surface area (Å²) < 4.78 is 4.83. The fraction of sp³-hybridized carbons (Fsp3) is 0.750. The van der Waals surface area contributed by atoms with Crippen molar-refractivity contribution >= 4 is 5.94 Å². The molecule has 2 heteroatoms. The molecule has 0 spiro atoms. The molecule has 10 heavy (non-hydrogen) atoms. The van der Waals surface area contributed by atoms with Gasteiger partial charge in [-0.3, -0.25) is 0 Å². The first-order valence-electron chi connectivity index (χ1n) is 3.60. The van der Waals surface area contributed by atoms with Crippen LogP contribution in [0.4, 0.5) is 0 Å². The molecular weight excluding hydrogens is 128 g/mol. The van der Waals surface area contributed by atoms with Crippen molar-refractivity contribution in [3.63, 3.8) is 0 Å². The van der Waals surface area contributed by atoms with Crippen LogP contribution in [0.15, 0.2) is 6.08 Å². The van der Waals surface area contributed by atoms with Gasteiger partial charge < -0.3 is 4.74 Å². The fourth-order valence-corrected chi connectivity index (χ4v) is 0.287. The SMILES string of the molecule is CCC=C=O.CCOCC. The lowest BCUT2D eigenvalue weighted by atomic mass is 10.5. The Balaban J connectivity index is 0. The van der Waals surface area contributed by atoms with E-state index >= 15 is 0 Å². The normalized spacial score (nSPS) is 7.10. The van der Waals surface area contributed by atoms with Gasteiger partial charge in [-0.05, 0) is 26.3 Å². The van der Waals surface area contributed by atoms with Crippen molar-refractivity contribution in [3.05, 3.63) is 6.08 Å². The van der Waals surface area contributed by atoms with E-state index in [1.165, 1.54) is 6.08 Å². The van der Waals surface area contributed by atoms with Gasteiger partial charge in [-0.25, -0.2) is 4.79 Å². The van der Waals surface area contributed by atoms with Gasteiger partial charge in [0.25, 0.3) is 0 Å². The van der Waals surface area contributed by atoms with E-state index in [2.05, 4.69) is 0 Å². The predicted molar refractivity (Wildman–Crippen MR) is 42.7 cm³/mol. The van der Waals surface area contributed by atoms with Crippen LogP contribution in [0.25, 0.3) is 0 Å². The van der Waals surface area contributed by atoms with Gasteiger partial charge in [0.2, 0.25) is 0 Å². The molecule has 0 aromatic carbocycles. The summed E-state index contributed by atoms with van der Waals surface area (Å²) in [6, 6.07) is 0. The van der Waals surface area contributed by atoms with Crippen LogP contribution < -0.4 is 0 Å². The van der Waals surface area contributed by atoms with Crippen molar-refractivity contribution in [2.45, 2.75) is 27.2 Å². The Kier molecular flexibility index (Phi) is 19.1. The van der Waals surface area contributed by atoms with E-state index < -0.39 is 0 Å². The molecule has 0 radical (unpaired) electrons. The maximum Gasteiger partial charge on any atom is 0.120 e. The molecule has 0 fully saturated rings. The molecule has 0 rings (SSSR count). The van der Waals surface area contributed by atoms with E-state index in [0.29, 0.717) is 0 Å². The summed E-state index contributed by atoms with van der Waals surface area (Å²) >= 11 is 0. The molecule has 60 valence electrons. The third kappa shape index (κ3) is 26.2. The molecule has 0 atom stereocenters. The monoisotopic (exact) mass is 144 g/mol. The van der Waals surface area contributed by atoms with Gasteiger partial charge >= 0.3 is 0 Å². The Labute approximate surface area is 62.9 Å². The number of ether oxygens (including phenoxy) is 1. The second-order valence-electron chi connectivity index (χ2n) is 1.51. The Morgan fingerprint density at radius 2 is 1.80 bits per heavy atom. The van der Waals surface area contributed by atoms with Gasteiger partial charge in [0.05, 0.1) is 0 Å². The average Bonchev–Trinajstić information content (AvgIpc) is 1.93. The molecule has 0 saturated heterocycles. The molecule has 0 aliphatic heterocycles. The lowest BCUT2D eigenvalue weighted by Gasteiger charge is -1.86. The molecule has 0 N–H and O–H groups in total. The second-order valence-corrected chi connectivity index (χ2v) is 1.51. The summed E-state index contributed by atoms with van der Waals surface area (Å²) in [5, 5.41) is 0. The third-order valence-corrected chi connectivity index (χ3v) is 0.696. The topological polar surface area (TPSA) is 26.3 Å². The average molecular weight is 144 g/mol.